The minimum absolute atomic E-state index is 0.0672. The summed E-state index contributed by atoms with van der Waals surface area (Å²) in [4.78, 5) is 24.8. The van der Waals surface area contributed by atoms with Crippen molar-refractivity contribution in [3.05, 3.63) is 33.4 Å². The number of fused-ring (bicyclic) bond motifs is 1. The van der Waals surface area contributed by atoms with Crippen molar-refractivity contribution in [2.75, 3.05) is 7.11 Å². The van der Waals surface area contributed by atoms with Gasteiger partial charge in [0, 0.05) is 23.9 Å². The predicted octanol–water partition coefficient (Wildman–Crippen LogP) is 1.18. The van der Waals surface area contributed by atoms with E-state index in [9.17, 15) is 14.9 Å². The Morgan fingerprint density at radius 2 is 2.20 bits per heavy atom. The number of nitro benzene ring substituents is 1. The number of benzene rings is 1. The minimum atomic E-state index is -0.560. The van der Waals surface area contributed by atoms with Crippen LogP contribution in [0.25, 0.3) is 0 Å². The number of nitrogens with zero attached hydrogens (tertiary/aromatic N) is 2. The van der Waals surface area contributed by atoms with Crippen LogP contribution in [0.5, 0.6) is 5.75 Å². The van der Waals surface area contributed by atoms with E-state index in [2.05, 4.69) is 4.99 Å². The average Bonchev–Trinajstić information content (AvgIpc) is 2.58. The molecular weight excluding hydrogens is 200 g/mol. The van der Waals surface area contributed by atoms with Gasteiger partial charge in [-0.15, -0.1) is 0 Å². The zero-order valence-corrected chi connectivity index (χ0v) is 7.76. The second-order valence-electron chi connectivity index (χ2n) is 2.93. The molecule has 1 aliphatic heterocycles. The second kappa shape index (κ2) is 3.16. The number of aliphatic imine (C=N–C) groups is 1. The third-order valence-electron chi connectivity index (χ3n) is 2.10. The van der Waals surface area contributed by atoms with E-state index in [0.29, 0.717) is 11.1 Å². The number of nitro groups is 1. The molecule has 0 aromatic heterocycles. The highest BCUT2D eigenvalue weighted by Gasteiger charge is 2.23. The lowest BCUT2D eigenvalue weighted by molar-refractivity contribution is -0.385. The molecule has 1 heterocycles. The molecule has 2 rings (SSSR count). The summed E-state index contributed by atoms with van der Waals surface area (Å²) in [6.07, 6.45) is 1.31. The van der Waals surface area contributed by atoms with Gasteiger partial charge >= 0.3 is 5.69 Å². The van der Waals surface area contributed by atoms with Crippen LogP contribution in [-0.2, 0) is 0 Å². The molecule has 1 amide bonds. The van der Waals surface area contributed by atoms with Gasteiger partial charge < -0.3 is 4.74 Å². The molecule has 76 valence electrons. The number of ether oxygens (including phenoxy) is 1. The van der Waals surface area contributed by atoms with Crippen LogP contribution in [0.2, 0.25) is 0 Å². The molecule has 0 unspecified atom stereocenters. The number of methoxy groups -OCH3 is 1. The molecule has 0 fully saturated rings. The summed E-state index contributed by atoms with van der Waals surface area (Å²) >= 11 is 0. The third-order valence-corrected chi connectivity index (χ3v) is 2.10. The van der Waals surface area contributed by atoms with E-state index >= 15 is 0 Å². The summed E-state index contributed by atoms with van der Waals surface area (Å²) in [5.41, 5.74) is 0.613. The van der Waals surface area contributed by atoms with Gasteiger partial charge in [0.05, 0.1) is 17.6 Å². The predicted molar refractivity (Wildman–Crippen MR) is 51.6 cm³/mol. The van der Waals surface area contributed by atoms with E-state index in [1.807, 2.05) is 0 Å². The first-order valence-corrected chi connectivity index (χ1v) is 4.08. The topological polar surface area (TPSA) is 81.8 Å². The summed E-state index contributed by atoms with van der Waals surface area (Å²) in [7, 11) is 1.31. The highest BCUT2D eigenvalue weighted by atomic mass is 16.6. The molecule has 1 aliphatic rings. The van der Waals surface area contributed by atoms with E-state index in [4.69, 9.17) is 4.74 Å². The van der Waals surface area contributed by atoms with Crippen molar-refractivity contribution in [3.63, 3.8) is 0 Å². The van der Waals surface area contributed by atoms with Crippen molar-refractivity contribution < 1.29 is 14.5 Å². The van der Waals surface area contributed by atoms with Gasteiger partial charge in [-0.25, -0.2) is 4.99 Å². The summed E-state index contributed by atoms with van der Waals surface area (Å²) in [5, 5.41) is 10.7. The van der Waals surface area contributed by atoms with Gasteiger partial charge in [0.1, 0.15) is 0 Å². The molecule has 1 aromatic carbocycles. The highest BCUT2D eigenvalue weighted by Crippen LogP contribution is 2.31. The van der Waals surface area contributed by atoms with Crippen LogP contribution in [0.15, 0.2) is 17.1 Å². The Morgan fingerprint density at radius 3 is 2.80 bits per heavy atom. The fourth-order valence-corrected chi connectivity index (χ4v) is 1.38. The Bertz CT molecular complexity index is 493. The molecule has 6 heteroatoms. The van der Waals surface area contributed by atoms with Crippen molar-refractivity contribution in [1.29, 1.82) is 0 Å². The third kappa shape index (κ3) is 1.35. The Balaban J connectivity index is 2.64. The molecule has 0 bridgehead atoms. The summed E-state index contributed by atoms with van der Waals surface area (Å²) < 4.78 is 4.83. The number of hydrogen-bond acceptors (Lipinski definition) is 4. The van der Waals surface area contributed by atoms with Gasteiger partial charge in [0.25, 0.3) is 5.91 Å². The normalized spacial score (nSPS) is 12.7. The van der Waals surface area contributed by atoms with Gasteiger partial charge in [0.15, 0.2) is 5.75 Å². The minimum Gasteiger partial charge on any atom is -0.490 e. The van der Waals surface area contributed by atoms with Crippen LogP contribution in [0.3, 0.4) is 0 Å². The Labute approximate surface area is 84.3 Å². The average molecular weight is 206 g/mol. The maximum Gasteiger partial charge on any atom is 0.311 e. The standard InChI is InChI=1S/C9H6N2O4/c1-15-8-3-6-5(4-10-9(6)12)2-7(8)11(13)14/h2-4H,1H3. The van der Waals surface area contributed by atoms with Gasteiger partial charge in [-0.1, -0.05) is 0 Å². The second-order valence-corrected chi connectivity index (χ2v) is 2.93. The van der Waals surface area contributed by atoms with Crippen LogP contribution in [0.1, 0.15) is 15.9 Å². The van der Waals surface area contributed by atoms with E-state index in [1.54, 1.807) is 0 Å². The number of amides is 1. The summed E-state index contributed by atoms with van der Waals surface area (Å²) in [6.45, 7) is 0. The zero-order chi connectivity index (χ0) is 11.0. The summed E-state index contributed by atoms with van der Waals surface area (Å²) in [5.74, 6) is -0.337. The van der Waals surface area contributed by atoms with Gasteiger partial charge in [-0.05, 0) is 0 Å². The Morgan fingerprint density at radius 1 is 1.47 bits per heavy atom. The van der Waals surface area contributed by atoms with Gasteiger partial charge in [-0.3, -0.25) is 14.9 Å². The first-order chi connectivity index (χ1) is 7.13. The molecule has 0 saturated heterocycles. The van der Waals surface area contributed by atoms with E-state index in [-0.39, 0.29) is 11.4 Å². The molecule has 1 aromatic rings. The lowest BCUT2D eigenvalue weighted by atomic mass is 10.1. The van der Waals surface area contributed by atoms with Crippen LogP contribution in [0.4, 0.5) is 5.69 Å². The lowest BCUT2D eigenvalue weighted by Gasteiger charge is -2.03. The Kier molecular flexibility index (Phi) is 1.96. The smallest absolute Gasteiger partial charge is 0.311 e. The van der Waals surface area contributed by atoms with Crippen molar-refractivity contribution in [1.82, 2.24) is 0 Å². The van der Waals surface area contributed by atoms with Crippen LogP contribution >= 0.6 is 0 Å². The SMILES string of the molecule is COc1cc2c(cc1[N+](=O)[O-])C=NC2=O. The van der Waals surface area contributed by atoms with E-state index in [1.165, 1.54) is 25.5 Å². The van der Waals surface area contributed by atoms with Crippen LogP contribution < -0.4 is 4.74 Å². The Hall–Kier alpha value is -2.24. The number of carbonyl (C=O) groups excluding carboxylic acids is 1. The molecule has 15 heavy (non-hydrogen) atoms. The van der Waals surface area contributed by atoms with Crippen LogP contribution in [0, 0.1) is 10.1 Å². The molecule has 0 atom stereocenters. The van der Waals surface area contributed by atoms with E-state index < -0.39 is 10.8 Å². The molecule has 0 N–H and O–H groups in total. The fourth-order valence-electron chi connectivity index (χ4n) is 1.38. The molecule has 6 nitrogen and oxygen atoms in total. The fraction of sp³-hybridized carbons (Fsp3) is 0.111. The first-order valence-electron chi connectivity index (χ1n) is 4.08. The van der Waals surface area contributed by atoms with Crippen molar-refractivity contribution in [3.8, 4) is 5.75 Å². The maximum atomic E-state index is 11.2. The number of hydrogen-bond donors (Lipinski definition) is 0. The first kappa shape index (κ1) is 9.32. The number of rotatable bonds is 2. The largest absolute Gasteiger partial charge is 0.490 e. The molecule has 0 saturated carbocycles. The van der Waals surface area contributed by atoms with Crippen molar-refractivity contribution in [2.45, 2.75) is 0 Å². The maximum absolute atomic E-state index is 11.2. The van der Waals surface area contributed by atoms with E-state index in [0.717, 1.165) is 0 Å². The lowest BCUT2D eigenvalue weighted by Crippen LogP contribution is -1.98. The quantitative estimate of drug-likeness (QED) is 0.537. The van der Waals surface area contributed by atoms with Crippen LogP contribution in [-0.4, -0.2) is 24.2 Å². The molecular formula is C9H6N2O4. The molecule has 0 radical (unpaired) electrons. The zero-order valence-electron chi connectivity index (χ0n) is 7.76. The molecule has 0 aliphatic carbocycles. The highest BCUT2D eigenvalue weighted by molar-refractivity contribution is 6.13. The van der Waals surface area contributed by atoms with Crippen molar-refractivity contribution in [2.24, 2.45) is 4.99 Å². The van der Waals surface area contributed by atoms with Crippen molar-refractivity contribution >= 4 is 17.8 Å². The number of carbonyl (C=O) groups is 1. The summed E-state index contributed by atoms with van der Waals surface area (Å²) in [6, 6.07) is 2.62. The van der Waals surface area contributed by atoms with Gasteiger partial charge in [-0.2, -0.15) is 0 Å². The molecule has 0 spiro atoms. The van der Waals surface area contributed by atoms with Gasteiger partial charge in [0.2, 0.25) is 0 Å². The monoisotopic (exact) mass is 206 g/mol.